The summed E-state index contributed by atoms with van der Waals surface area (Å²) < 4.78 is 13.7. The summed E-state index contributed by atoms with van der Waals surface area (Å²) in [6.45, 7) is 12.4. The van der Waals surface area contributed by atoms with Gasteiger partial charge in [0.05, 0.1) is 0 Å². The van der Waals surface area contributed by atoms with Crippen molar-refractivity contribution in [2.45, 2.75) is 33.7 Å². The Kier molecular flexibility index (Phi) is 8.31. The molecule has 0 spiro atoms. The van der Waals surface area contributed by atoms with Gasteiger partial charge in [0.2, 0.25) is 0 Å². The Morgan fingerprint density at radius 1 is 1.00 bits per heavy atom. The van der Waals surface area contributed by atoms with Crippen molar-refractivity contribution in [3.05, 3.63) is 29.6 Å². The lowest BCUT2D eigenvalue weighted by Crippen LogP contribution is -2.30. The van der Waals surface area contributed by atoms with Crippen LogP contribution in [0.4, 0.5) is 10.1 Å². The average Bonchev–Trinajstić information content (AvgIpc) is 2.47. The quantitative estimate of drug-likeness (QED) is 0.715. The molecular weight excluding hydrogens is 265 g/mol. The fraction of sp³-hybridized carbons (Fsp3) is 0.647. The van der Waals surface area contributed by atoms with E-state index < -0.39 is 0 Å². The van der Waals surface area contributed by atoms with E-state index in [4.69, 9.17) is 0 Å². The summed E-state index contributed by atoms with van der Waals surface area (Å²) >= 11 is 0. The van der Waals surface area contributed by atoms with E-state index in [1.807, 2.05) is 7.05 Å². The van der Waals surface area contributed by atoms with Crippen LogP contribution in [0.15, 0.2) is 18.2 Å². The maximum atomic E-state index is 13.7. The van der Waals surface area contributed by atoms with Crippen LogP contribution in [0.1, 0.15) is 32.8 Å². The van der Waals surface area contributed by atoms with Crippen molar-refractivity contribution in [2.75, 3.05) is 44.7 Å². The molecule has 4 heteroatoms. The molecule has 0 atom stereocenters. The first-order valence-corrected chi connectivity index (χ1v) is 8.05. The SMILES string of the molecule is CCN(CC)CCCN(CC)c1cc(F)cc(CNC)c1. The zero-order valence-electron chi connectivity index (χ0n) is 14.0. The molecule has 0 unspecified atom stereocenters. The number of nitrogens with one attached hydrogen (secondary N) is 1. The standard InChI is InChI=1S/C17H30FN3/c1-5-20(6-2)9-8-10-21(7-3)17-12-15(14-19-4)11-16(18)13-17/h11-13,19H,5-10,14H2,1-4H3. The molecule has 0 aliphatic heterocycles. The van der Waals surface area contributed by atoms with Crippen molar-refractivity contribution in [1.82, 2.24) is 10.2 Å². The van der Waals surface area contributed by atoms with Crippen LogP contribution in [0.25, 0.3) is 0 Å². The minimum absolute atomic E-state index is 0.153. The molecule has 3 nitrogen and oxygen atoms in total. The van der Waals surface area contributed by atoms with Crippen molar-refractivity contribution in [3.63, 3.8) is 0 Å². The van der Waals surface area contributed by atoms with Gasteiger partial charge < -0.3 is 15.1 Å². The molecular formula is C17H30FN3. The predicted molar refractivity (Wildman–Crippen MR) is 89.5 cm³/mol. The zero-order valence-corrected chi connectivity index (χ0v) is 14.0. The highest BCUT2D eigenvalue weighted by Crippen LogP contribution is 2.19. The van der Waals surface area contributed by atoms with Crippen molar-refractivity contribution >= 4 is 5.69 Å². The summed E-state index contributed by atoms with van der Waals surface area (Å²) in [5.74, 6) is -0.153. The summed E-state index contributed by atoms with van der Waals surface area (Å²) in [6.07, 6.45) is 1.10. The van der Waals surface area contributed by atoms with E-state index in [1.54, 1.807) is 12.1 Å². The Morgan fingerprint density at radius 3 is 2.29 bits per heavy atom. The van der Waals surface area contributed by atoms with Gasteiger partial charge in [-0.15, -0.1) is 0 Å². The third kappa shape index (κ3) is 6.02. The Hall–Kier alpha value is -1.13. The molecule has 120 valence electrons. The lowest BCUT2D eigenvalue weighted by atomic mass is 10.1. The summed E-state index contributed by atoms with van der Waals surface area (Å²) in [5, 5.41) is 3.08. The van der Waals surface area contributed by atoms with Gasteiger partial charge in [0, 0.05) is 25.3 Å². The Balaban J connectivity index is 2.66. The van der Waals surface area contributed by atoms with Crippen LogP contribution in [0.3, 0.4) is 0 Å². The third-order valence-corrected chi connectivity index (χ3v) is 3.87. The summed E-state index contributed by atoms with van der Waals surface area (Å²) in [4.78, 5) is 4.68. The maximum absolute atomic E-state index is 13.7. The van der Waals surface area contributed by atoms with Gasteiger partial charge in [-0.25, -0.2) is 4.39 Å². The van der Waals surface area contributed by atoms with Gasteiger partial charge in [0.1, 0.15) is 5.82 Å². The van der Waals surface area contributed by atoms with Gasteiger partial charge >= 0.3 is 0 Å². The van der Waals surface area contributed by atoms with Gasteiger partial charge in [-0.3, -0.25) is 0 Å². The molecule has 0 saturated heterocycles. The first kappa shape index (κ1) is 17.9. The number of hydrogen-bond donors (Lipinski definition) is 1. The van der Waals surface area contributed by atoms with Gasteiger partial charge in [-0.1, -0.05) is 13.8 Å². The van der Waals surface area contributed by atoms with E-state index in [2.05, 4.69) is 42.0 Å². The number of anilines is 1. The average molecular weight is 295 g/mol. The van der Waals surface area contributed by atoms with Crippen LogP contribution in [0, 0.1) is 5.82 Å². The molecule has 1 aromatic rings. The molecule has 0 bridgehead atoms. The monoisotopic (exact) mass is 295 g/mol. The van der Waals surface area contributed by atoms with Crippen molar-refractivity contribution in [2.24, 2.45) is 0 Å². The zero-order chi connectivity index (χ0) is 15.7. The second-order valence-corrected chi connectivity index (χ2v) is 5.31. The molecule has 1 rings (SSSR count). The number of rotatable bonds is 10. The maximum Gasteiger partial charge on any atom is 0.125 e. The first-order valence-electron chi connectivity index (χ1n) is 8.05. The highest BCUT2D eigenvalue weighted by atomic mass is 19.1. The largest absolute Gasteiger partial charge is 0.372 e. The molecule has 0 fully saturated rings. The normalized spacial score (nSPS) is 11.1. The number of hydrogen-bond acceptors (Lipinski definition) is 3. The van der Waals surface area contributed by atoms with Crippen LogP contribution in [0.2, 0.25) is 0 Å². The molecule has 0 aliphatic rings. The topological polar surface area (TPSA) is 18.5 Å². The van der Waals surface area contributed by atoms with E-state index in [9.17, 15) is 4.39 Å². The first-order chi connectivity index (χ1) is 10.1. The van der Waals surface area contributed by atoms with E-state index in [0.717, 1.165) is 50.4 Å². The van der Waals surface area contributed by atoms with E-state index in [0.29, 0.717) is 6.54 Å². The van der Waals surface area contributed by atoms with Gasteiger partial charge in [-0.05, 0) is 63.8 Å². The molecule has 0 aliphatic carbocycles. The van der Waals surface area contributed by atoms with E-state index in [-0.39, 0.29) is 5.82 Å². The number of nitrogens with zero attached hydrogens (tertiary/aromatic N) is 2. The fourth-order valence-electron chi connectivity index (χ4n) is 2.62. The van der Waals surface area contributed by atoms with Crippen molar-refractivity contribution in [1.29, 1.82) is 0 Å². The van der Waals surface area contributed by atoms with Crippen LogP contribution in [-0.4, -0.2) is 44.7 Å². The van der Waals surface area contributed by atoms with E-state index in [1.165, 1.54) is 0 Å². The molecule has 0 radical (unpaired) electrons. The minimum Gasteiger partial charge on any atom is -0.372 e. The molecule has 1 N–H and O–H groups in total. The van der Waals surface area contributed by atoms with Crippen LogP contribution < -0.4 is 10.2 Å². The second kappa shape index (κ2) is 9.74. The highest BCUT2D eigenvalue weighted by molar-refractivity contribution is 5.49. The van der Waals surface area contributed by atoms with Gasteiger partial charge in [0.15, 0.2) is 0 Å². The smallest absolute Gasteiger partial charge is 0.125 e. The van der Waals surface area contributed by atoms with Crippen LogP contribution >= 0.6 is 0 Å². The van der Waals surface area contributed by atoms with Crippen molar-refractivity contribution in [3.8, 4) is 0 Å². The molecule has 0 heterocycles. The number of benzene rings is 1. The lowest BCUT2D eigenvalue weighted by molar-refractivity contribution is 0.301. The summed E-state index contributed by atoms with van der Waals surface area (Å²) in [5.41, 5.74) is 1.98. The van der Waals surface area contributed by atoms with Gasteiger partial charge in [-0.2, -0.15) is 0 Å². The predicted octanol–water partition coefficient (Wildman–Crippen LogP) is 3.10. The second-order valence-electron chi connectivity index (χ2n) is 5.31. The van der Waals surface area contributed by atoms with E-state index >= 15 is 0 Å². The van der Waals surface area contributed by atoms with Crippen molar-refractivity contribution < 1.29 is 4.39 Å². The minimum atomic E-state index is -0.153. The van der Waals surface area contributed by atoms with Gasteiger partial charge in [0.25, 0.3) is 0 Å². The summed E-state index contributed by atoms with van der Waals surface area (Å²) in [6, 6.07) is 5.32. The Labute approximate surface area is 129 Å². The van der Waals surface area contributed by atoms with Crippen LogP contribution in [0.5, 0.6) is 0 Å². The highest BCUT2D eigenvalue weighted by Gasteiger charge is 2.08. The Morgan fingerprint density at radius 2 is 1.71 bits per heavy atom. The van der Waals surface area contributed by atoms with Crippen LogP contribution in [-0.2, 0) is 6.54 Å². The molecule has 0 saturated carbocycles. The number of halogens is 1. The molecule has 0 aromatic heterocycles. The lowest BCUT2D eigenvalue weighted by Gasteiger charge is -2.26. The fourth-order valence-corrected chi connectivity index (χ4v) is 2.62. The summed E-state index contributed by atoms with van der Waals surface area (Å²) in [7, 11) is 1.88. The molecule has 1 aromatic carbocycles. The molecule has 0 amide bonds. The molecule has 21 heavy (non-hydrogen) atoms. The third-order valence-electron chi connectivity index (χ3n) is 3.87. The Bertz CT molecular complexity index is 405.